The second kappa shape index (κ2) is 6.89. The van der Waals surface area contributed by atoms with Gasteiger partial charge in [0.25, 0.3) is 5.91 Å². The minimum absolute atomic E-state index is 0.0558. The number of aromatic nitrogens is 3. The van der Waals surface area contributed by atoms with Crippen molar-refractivity contribution < 1.29 is 4.79 Å². The molecular formula is C18H27N5O. The fraction of sp³-hybridized carbons (Fsp3) is 0.611. The molecule has 0 aliphatic carbocycles. The first-order valence-electron chi connectivity index (χ1n) is 8.74. The molecule has 6 heteroatoms. The summed E-state index contributed by atoms with van der Waals surface area (Å²) in [5.41, 5.74) is 2.38. The molecule has 3 heterocycles. The number of rotatable bonds is 4. The standard InChI is InChI=1S/C18H27N5O/c1-13(2)11-22-9-5-6-14(12-22)16-7-8-19-17-15(10-20-23(16)17)18(24)21(3)4/h7-8,10,13-14H,5-6,9,11-12H2,1-4H3/t14-/m0/s1. The fourth-order valence-electron chi connectivity index (χ4n) is 3.59. The number of fused-ring (bicyclic) bond motifs is 1. The van der Waals surface area contributed by atoms with Gasteiger partial charge in [0.2, 0.25) is 0 Å². The smallest absolute Gasteiger partial charge is 0.258 e. The summed E-state index contributed by atoms with van der Waals surface area (Å²) in [6.07, 6.45) is 5.81. The minimum Gasteiger partial charge on any atom is -0.345 e. The van der Waals surface area contributed by atoms with Gasteiger partial charge in [-0.25, -0.2) is 9.50 Å². The highest BCUT2D eigenvalue weighted by Crippen LogP contribution is 2.28. The van der Waals surface area contributed by atoms with Crippen LogP contribution in [0.15, 0.2) is 18.5 Å². The van der Waals surface area contributed by atoms with Crippen LogP contribution in [0.3, 0.4) is 0 Å². The average molecular weight is 329 g/mol. The highest BCUT2D eigenvalue weighted by Gasteiger charge is 2.25. The van der Waals surface area contributed by atoms with Gasteiger partial charge in [0.1, 0.15) is 5.56 Å². The fourth-order valence-corrected chi connectivity index (χ4v) is 3.59. The minimum atomic E-state index is -0.0558. The summed E-state index contributed by atoms with van der Waals surface area (Å²) in [7, 11) is 3.50. The predicted octanol–water partition coefficient (Wildman–Crippen LogP) is 2.27. The van der Waals surface area contributed by atoms with Gasteiger partial charge in [-0.15, -0.1) is 0 Å². The van der Waals surface area contributed by atoms with Crippen molar-refractivity contribution in [2.45, 2.75) is 32.6 Å². The van der Waals surface area contributed by atoms with Crippen LogP contribution in [0.2, 0.25) is 0 Å². The molecule has 2 aromatic heterocycles. The SMILES string of the molecule is CC(C)CN1CCC[C@H](c2ccnc3c(C(=O)N(C)C)cnn23)C1. The third kappa shape index (κ3) is 3.29. The number of carbonyl (C=O) groups excluding carboxylic acids is 1. The third-order valence-electron chi connectivity index (χ3n) is 4.61. The van der Waals surface area contributed by atoms with Crippen LogP contribution in [0, 0.1) is 5.92 Å². The van der Waals surface area contributed by atoms with E-state index in [4.69, 9.17) is 0 Å². The van der Waals surface area contributed by atoms with E-state index < -0.39 is 0 Å². The van der Waals surface area contributed by atoms with Crippen LogP contribution >= 0.6 is 0 Å². The number of amides is 1. The normalized spacial score (nSPS) is 19.1. The number of nitrogens with zero attached hydrogens (tertiary/aromatic N) is 5. The number of hydrogen-bond donors (Lipinski definition) is 0. The average Bonchev–Trinajstić information content (AvgIpc) is 2.97. The lowest BCUT2D eigenvalue weighted by atomic mass is 9.94. The number of piperidine rings is 1. The molecule has 3 rings (SSSR count). The van der Waals surface area contributed by atoms with Crippen molar-refractivity contribution in [1.29, 1.82) is 0 Å². The molecular weight excluding hydrogens is 302 g/mol. The monoisotopic (exact) mass is 329 g/mol. The van der Waals surface area contributed by atoms with Crippen molar-refractivity contribution in [3.8, 4) is 0 Å². The molecule has 0 bridgehead atoms. The van der Waals surface area contributed by atoms with Gasteiger partial charge >= 0.3 is 0 Å². The Morgan fingerprint density at radius 2 is 2.21 bits per heavy atom. The highest BCUT2D eigenvalue weighted by atomic mass is 16.2. The van der Waals surface area contributed by atoms with E-state index in [1.807, 2.05) is 10.6 Å². The molecule has 24 heavy (non-hydrogen) atoms. The first kappa shape index (κ1) is 16.9. The number of hydrogen-bond acceptors (Lipinski definition) is 4. The van der Waals surface area contributed by atoms with Crippen LogP contribution in [-0.4, -0.2) is 64.0 Å². The molecule has 1 amide bonds. The molecule has 0 aromatic carbocycles. The zero-order chi connectivity index (χ0) is 17.3. The summed E-state index contributed by atoms with van der Waals surface area (Å²) >= 11 is 0. The van der Waals surface area contributed by atoms with Gasteiger partial charge in [-0.1, -0.05) is 13.8 Å². The molecule has 1 atom stereocenters. The van der Waals surface area contributed by atoms with Crippen molar-refractivity contribution in [2.75, 3.05) is 33.7 Å². The Balaban J connectivity index is 1.91. The van der Waals surface area contributed by atoms with Crippen LogP contribution in [-0.2, 0) is 0 Å². The van der Waals surface area contributed by atoms with E-state index in [1.165, 1.54) is 13.0 Å². The van der Waals surface area contributed by atoms with E-state index >= 15 is 0 Å². The van der Waals surface area contributed by atoms with Crippen molar-refractivity contribution in [3.05, 3.63) is 29.7 Å². The van der Waals surface area contributed by atoms with Crippen molar-refractivity contribution >= 4 is 11.6 Å². The van der Waals surface area contributed by atoms with Gasteiger partial charge in [0.05, 0.1) is 11.9 Å². The van der Waals surface area contributed by atoms with Crippen LogP contribution in [0.25, 0.3) is 5.65 Å². The molecule has 1 aliphatic rings. The topological polar surface area (TPSA) is 53.7 Å². The molecule has 0 saturated carbocycles. The Bertz CT molecular complexity index is 721. The third-order valence-corrected chi connectivity index (χ3v) is 4.61. The zero-order valence-corrected chi connectivity index (χ0v) is 15.1. The maximum atomic E-state index is 12.3. The van der Waals surface area contributed by atoms with Gasteiger partial charge in [0.15, 0.2) is 5.65 Å². The lowest BCUT2D eigenvalue weighted by Crippen LogP contribution is -2.37. The molecule has 6 nitrogen and oxygen atoms in total. The number of carbonyl (C=O) groups is 1. The first-order chi connectivity index (χ1) is 11.5. The Labute approximate surface area is 143 Å². The van der Waals surface area contributed by atoms with E-state index in [2.05, 4.69) is 28.8 Å². The molecule has 0 radical (unpaired) electrons. The Hall–Kier alpha value is -1.95. The quantitative estimate of drug-likeness (QED) is 0.863. The van der Waals surface area contributed by atoms with E-state index in [0.29, 0.717) is 23.0 Å². The van der Waals surface area contributed by atoms with E-state index in [0.717, 1.165) is 25.2 Å². The van der Waals surface area contributed by atoms with Gasteiger partial charge in [-0.2, -0.15) is 5.10 Å². The first-order valence-corrected chi connectivity index (χ1v) is 8.74. The molecule has 1 aliphatic heterocycles. The predicted molar refractivity (Wildman–Crippen MR) is 94.3 cm³/mol. The molecule has 2 aromatic rings. The summed E-state index contributed by atoms with van der Waals surface area (Å²) in [5, 5.41) is 4.47. The number of likely N-dealkylation sites (tertiary alicyclic amines) is 1. The van der Waals surface area contributed by atoms with E-state index in [9.17, 15) is 4.79 Å². The summed E-state index contributed by atoms with van der Waals surface area (Å²) in [5.74, 6) is 1.06. The lowest BCUT2D eigenvalue weighted by Gasteiger charge is -2.33. The lowest BCUT2D eigenvalue weighted by molar-refractivity contribution is 0.0829. The maximum Gasteiger partial charge on any atom is 0.258 e. The van der Waals surface area contributed by atoms with Crippen LogP contribution < -0.4 is 0 Å². The Kier molecular flexibility index (Phi) is 4.85. The largest absolute Gasteiger partial charge is 0.345 e. The van der Waals surface area contributed by atoms with E-state index in [-0.39, 0.29) is 5.91 Å². The molecule has 1 fully saturated rings. The van der Waals surface area contributed by atoms with Crippen LogP contribution in [0.1, 0.15) is 48.7 Å². The second-order valence-electron chi connectivity index (χ2n) is 7.36. The van der Waals surface area contributed by atoms with E-state index in [1.54, 1.807) is 31.4 Å². The van der Waals surface area contributed by atoms with Crippen molar-refractivity contribution in [3.63, 3.8) is 0 Å². The van der Waals surface area contributed by atoms with Crippen molar-refractivity contribution in [1.82, 2.24) is 24.4 Å². The van der Waals surface area contributed by atoms with Gasteiger partial charge < -0.3 is 9.80 Å². The van der Waals surface area contributed by atoms with Crippen molar-refractivity contribution in [2.24, 2.45) is 5.92 Å². The van der Waals surface area contributed by atoms with Gasteiger partial charge in [0, 0.05) is 39.3 Å². The molecule has 0 N–H and O–H groups in total. The van der Waals surface area contributed by atoms with Crippen LogP contribution in [0.5, 0.6) is 0 Å². The summed E-state index contributed by atoms with van der Waals surface area (Å²) in [6, 6.07) is 2.05. The zero-order valence-electron chi connectivity index (χ0n) is 15.1. The molecule has 130 valence electrons. The van der Waals surface area contributed by atoms with Gasteiger partial charge in [-0.05, 0) is 31.4 Å². The summed E-state index contributed by atoms with van der Waals surface area (Å²) in [4.78, 5) is 20.8. The van der Waals surface area contributed by atoms with Gasteiger partial charge in [-0.3, -0.25) is 4.79 Å². The summed E-state index contributed by atoms with van der Waals surface area (Å²) < 4.78 is 1.86. The second-order valence-corrected chi connectivity index (χ2v) is 7.36. The maximum absolute atomic E-state index is 12.3. The molecule has 0 spiro atoms. The molecule has 1 saturated heterocycles. The van der Waals surface area contributed by atoms with Crippen LogP contribution in [0.4, 0.5) is 0 Å². The highest BCUT2D eigenvalue weighted by molar-refractivity contribution is 5.99. The Morgan fingerprint density at radius 3 is 2.92 bits per heavy atom. The Morgan fingerprint density at radius 1 is 1.42 bits per heavy atom. The molecule has 0 unspecified atom stereocenters. The summed E-state index contributed by atoms with van der Waals surface area (Å²) in [6.45, 7) is 7.89.